The molecule has 92 valence electrons. The number of nitrogens with one attached hydrogen (secondary N) is 1. The summed E-state index contributed by atoms with van der Waals surface area (Å²) in [5, 5.41) is 1.88. The summed E-state index contributed by atoms with van der Waals surface area (Å²) in [6, 6.07) is 5.46. The van der Waals surface area contributed by atoms with Crippen LogP contribution in [0.5, 0.6) is 0 Å². The molecule has 0 fully saturated rings. The highest BCUT2D eigenvalue weighted by Gasteiger charge is 2.23. The predicted octanol–water partition coefficient (Wildman–Crippen LogP) is 1.66. The maximum atomic E-state index is 12.2. The van der Waals surface area contributed by atoms with E-state index in [1.807, 2.05) is 11.1 Å². The molecular formula is C12H15FN2O2. The third-order valence-electron chi connectivity index (χ3n) is 2.81. The number of hydrogen-bond acceptors (Lipinski definition) is 4. The van der Waals surface area contributed by atoms with Crippen LogP contribution in [0.15, 0.2) is 18.2 Å². The first-order valence-electron chi connectivity index (χ1n) is 5.55. The SMILES string of the molecule is COC(=O)c1cccc2c1CNN2CCCF. The van der Waals surface area contributed by atoms with Gasteiger partial charge in [0.2, 0.25) is 0 Å². The monoisotopic (exact) mass is 238 g/mol. The van der Waals surface area contributed by atoms with E-state index in [1.165, 1.54) is 7.11 Å². The van der Waals surface area contributed by atoms with Crippen LogP contribution >= 0.6 is 0 Å². The van der Waals surface area contributed by atoms with Gasteiger partial charge in [0.15, 0.2) is 0 Å². The van der Waals surface area contributed by atoms with Gasteiger partial charge in [-0.05, 0) is 18.6 Å². The molecule has 4 nitrogen and oxygen atoms in total. The lowest BCUT2D eigenvalue weighted by Crippen LogP contribution is -2.33. The van der Waals surface area contributed by atoms with Crippen molar-refractivity contribution in [2.75, 3.05) is 25.3 Å². The molecule has 2 rings (SSSR count). The molecule has 17 heavy (non-hydrogen) atoms. The van der Waals surface area contributed by atoms with E-state index in [-0.39, 0.29) is 12.6 Å². The van der Waals surface area contributed by atoms with Crippen molar-refractivity contribution >= 4 is 11.7 Å². The minimum absolute atomic E-state index is 0.337. The van der Waals surface area contributed by atoms with Crippen molar-refractivity contribution in [2.24, 2.45) is 0 Å². The molecule has 1 heterocycles. The number of hydrogen-bond donors (Lipinski definition) is 1. The standard InChI is InChI=1S/C12H15FN2O2/c1-17-12(16)9-4-2-5-11-10(9)8-14-15(11)7-3-6-13/h2,4-5,14H,3,6-8H2,1H3. The van der Waals surface area contributed by atoms with Gasteiger partial charge in [0, 0.05) is 18.7 Å². The summed E-state index contributed by atoms with van der Waals surface area (Å²) in [4.78, 5) is 11.6. The molecule has 0 aromatic heterocycles. The van der Waals surface area contributed by atoms with Gasteiger partial charge in [-0.15, -0.1) is 0 Å². The fraction of sp³-hybridized carbons (Fsp3) is 0.417. The van der Waals surface area contributed by atoms with Crippen LogP contribution < -0.4 is 10.4 Å². The van der Waals surface area contributed by atoms with Crippen molar-refractivity contribution in [2.45, 2.75) is 13.0 Å². The van der Waals surface area contributed by atoms with Crippen molar-refractivity contribution in [3.8, 4) is 0 Å². The van der Waals surface area contributed by atoms with Gasteiger partial charge in [-0.1, -0.05) is 6.07 Å². The number of methoxy groups -OCH3 is 1. The molecule has 0 unspecified atom stereocenters. The van der Waals surface area contributed by atoms with Gasteiger partial charge in [0.05, 0.1) is 25.0 Å². The van der Waals surface area contributed by atoms with Crippen molar-refractivity contribution < 1.29 is 13.9 Å². The Balaban J connectivity index is 2.26. The van der Waals surface area contributed by atoms with Crippen molar-refractivity contribution in [3.05, 3.63) is 29.3 Å². The van der Waals surface area contributed by atoms with Gasteiger partial charge >= 0.3 is 5.97 Å². The van der Waals surface area contributed by atoms with Crippen LogP contribution in [-0.2, 0) is 11.3 Å². The number of nitrogens with zero attached hydrogens (tertiary/aromatic N) is 1. The lowest BCUT2D eigenvalue weighted by molar-refractivity contribution is 0.0599. The Hall–Kier alpha value is -1.62. The number of benzene rings is 1. The Morgan fingerprint density at radius 3 is 3.12 bits per heavy atom. The third kappa shape index (κ3) is 2.24. The molecule has 0 atom stereocenters. The number of anilines is 1. The number of alkyl halides is 1. The first kappa shape index (κ1) is 11.9. The van der Waals surface area contributed by atoms with Crippen LogP contribution in [0.4, 0.5) is 10.1 Å². The van der Waals surface area contributed by atoms with Gasteiger partial charge in [-0.25, -0.2) is 10.2 Å². The average molecular weight is 238 g/mol. The van der Waals surface area contributed by atoms with Crippen molar-refractivity contribution in [1.29, 1.82) is 0 Å². The van der Waals surface area contributed by atoms with E-state index in [1.54, 1.807) is 12.1 Å². The summed E-state index contributed by atoms with van der Waals surface area (Å²) in [7, 11) is 1.37. The number of esters is 1. The number of rotatable bonds is 4. The Labute approximate surface area is 99.3 Å². The van der Waals surface area contributed by atoms with Crippen LogP contribution in [0, 0.1) is 0 Å². The highest BCUT2D eigenvalue weighted by atomic mass is 19.1. The minimum Gasteiger partial charge on any atom is -0.465 e. The predicted molar refractivity (Wildman–Crippen MR) is 62.6 cm³/mol. The summed E-state index contributed by atoms with van der Waals surface area (Å²) < 4.78 is 16.9. The molecule has 1 aliphatic heterocycles. The first-order valence-corrected chi connectivity index (χ1v) is 5.55. The summed E-state index contributed by atoms with van der Waals surface area (Å²) in [5.74, 6) is -0.337. The third-order valence-corrected chi connectivity index (χ3v) is 2.81. The minimum atomic E-state index is -0.343. The second-order valence-corrected chi connectivity index (χ2v) is 3.82. The van der Waals surface area contributed by atoms with Crippen LogP contribution in [0.1, 0.15) is 22.3 Å². The fourth-order valence-electron chi connectivity index (χ4n) is 1.99. The molecule has 0 spiro atoms. The number of ether oxygens (including phenoxy) is 1. The molecule has 5 heteroatoms. The Kier molecular flexibility index (Phi) is 3.58. The number of carbonyl (C=O) groups excluding carboxylic acids is 1. The summed E-state index contributed by atoms with van der Waals surface area (Å²) in [6.07, 6.45) is 0.467. The second kappa shape index (κ2) is 5.14. The maximum Gasteiger partial charge on any atom is 0.338 e. The highest BCUT2D eigenvalue weighted by Crippen LogP contribution is 2.28. The number of fused-ring (bicyclic) bond motifs is 1. The first-order chi connectivity index (χ1) is 8.27. The van der Waals surface area contributed by atoms with Gasteiger partial charge in [0.25, 0.3) is 0 Å². The zero-order valence-corrected chi connectivity index (χ0v) is 9.70. The van der Waals surface area contributed by atoms with Gasteiger partial charge in [0.1, 0.15) is 0 Å². The Bertz CT molecular complexity index is 423. The van der Waals surface area contributed by atoms with Gasteiger partial charge in [-0.2, -0.15) is 0 Å². The second-order valence-electron chi connectivity index (χ2n) is 3.82. The number of halogens is 1. The van der Waals surface area contributed by atoms with Crippen LogP contribution in [0.3, 0.4) is 0 Å². The lowest BCUT2D eigenvalue weighted by Gasteiger charge is -2.18. The normalized spacial score (nSPS) is 13.6. The van der Waals surface area contributed by atoms with Gasteiger partial charge < -0.3 is 9.75 Å². The maximum absolute atomic E-state index is 12.2. The molecular weight excluding hydrogens is 223 g/mol. The number of hydrazine groups is 1. The molecule has 1 aromatic rings. The highest BCUT2D eigenvalue weighted by molar-refractivity contribution is 5.93. The lowest BCUT2D eigenvalue weighted by atomic mass is 10.1. The van der Waals surface area contributed by atoms with E-state index in [9.17, 15) is 9.18 Å². The molecule has 1 aliphatic rings. The average Bonchev–Trinajstić information content (AvgIpc) is 2.78. The van der Waals surface area contributed by atoms with Crippen LogP contribution in [0.25, 0.3) is 0 Å². The van der Waals surface area contributed by atoms with Crippen molar-refractivity contribution in [1.82, 2.24) is 5.43 Å². The molecule has 0 amide bonds. The molecule has 0 saturated carbocycles. The van der Waals surface area contributed by atoms with E-state index in [0.29, 0.717) is 25.1 Å². The zero-order chi connectivity index (χ0) is 12.3. The largest absolute Gasteiger partial charge is 0.465 e. The topological polar surface area (TPSA) is 41.6 Å². The van der Waals surface area contributed by atoms with Gasteiger partial charge in [-0.3, -0.25) is 4.39 Å². The fourth-order valence-corrected chi connectivity index (χ4v) is 1.99. The quantitative estimate of drug-likeness (QED) is 0.810. The Morgan fingerprint density at radius 2 is 2.41 bits per heavy atom. The molecule has 0 saturated heterocycles. The van der Waals surface area contributed by atoms with E-state index < -0.39 is 0 Å². The molecule has 0 bridgehead atoms. The number of carbonyl (C=O) groups is 1. The molecule has 1 N–H and O–H groups in total. The molecule has 1 aromatic carbocycles. The summed E-state index contributed by atoms with van der Waals surface area (Å²) in [6.45, 7) is 0.825. The van der Waals surface area contributed by atoms with E-state index in [0.717, 1.165) is 11.3 Å². The Morgan fingerprint density at radius 1 is 1.59 bits per heavy atom. The van der Waals surface area contributed by atoms with Crippen LogP contribution in [-0.4, -0.2) is 26.3 Å². The smallest absolute Gasteiger partial charge is 0.338 e. The van der Waals surface area contributed by atoms with E-state index >= 15 is 0 Å². The molecule has 0 aliphatic carbocycles. The van der Waals surface area contributed by atoms with E-state index in [2.05, 4.69) is 5.43 Å². The van der Waals surface area contributed by atoms with Crippen molar-refractivity contribution in [3.63, 3.8) is 0 Å². The summed E-state index contributed by atoms with van der Waals surface area (Å²) in [5.41, 5.74) is 5.55. The zero-order valence-electron chi connectivity index (χ0n) is 9.70. The molecule has 0 radical (unpaired) electrons. The van der Waals surface area contributed by atoms with Crippen LogP contribution in [0.2, 0.25) is 0 Å². The summed E-state index contributed by atoms with van der Waals surface area (Å²) >= 11 is 0. The van der Waals surface area contributed by atoms with E-state index in [4.69, 9.17) is 4.74 Å².